The van der Waals surface area contributed by atoms with Gasteiger partial charge in [-0.15, -0.1) is 0 Å². The largest absolute Gasteiger partial charge is 0.495 e. The molecule has 9 heteroatoms. The molecule has 118 valence electrons. The molecule has 8 nitrogen and oxygen atoms in total. The number of carbonyl (C=O) groups excluding carboxylic acids is 1. The summed E-state index contributed by atoms with van der Waals surface area (Å²) in [4.78, 5) is 11.4. The molecular weight excluding hydrogens is 300 g/mol. The Morgan fingerprint density at radius 3 is 2.57 bits per heavy atom. The fourth-order valence-electron chi connectivity index (χ4n) is 1.48. The molecule has 0 radical (unpaired) electrons. The van der Waals surface area contributed by atoms with Crippen molar-refractivity contribution < 1.29 is 27.4 Å². The summed E-state index contributed by atoms with van der Waals surface area (Å²) < 4.78 is 37.6. The summed E-state index contributed by atoms with van der Waals surface area (Å²) in [6.45, 7) is 0.500. The van der Waals surface area contributed by atoms with Gasteiger partial charge in [0, 0.05) is 12.8 Å². The third-order valence-corrected chi connectivity index (χ3v) is 3.35. The average molecular weight is 318 g/mol. The Morgan fingerprint density at radius 2 is 2.00 bits per heavy atom. The quantitative estimate of drug-likeness (QED) is 0.649. The van der Waals surface area contributed by atoms with Crippen LogP contribution in [0.25, 0.3) is 0 Å². The Hall–Kier alpha value is -1.68. The van der Waals surface area contributed by atoms with Crippen LogP contribution in [-0.2, 0) is 24.3 Å². The molecule has 3 N–H and O–H groups in total. The maximum atomic E-state index is 11.6. The molecule has 0 atom stereocenters. The molecule has 0 aromatic heterocycles. The van der Waals surface area contributed by atoms with Crippen molar-refractivity contribution in [1.29, 1.82) is 0 Å². The first-order chi connectivity index (χ1) is 9.88. The van der Waals surface area contributed by atoms with Crippen LogP contribution in [-0.4, -0.2) is 48.4 Å². The number of anilines is 1. The Kier molecular flexibility index (Phi) is 6.56. The number of sulfonamides is 1. The standard InChI is InChI=1S/C12H18N2O6S/c1-18-5-6-20-8-12(15)14-9-3-4-10(19-2)11(7-9)21(13,16)17/h3-4,7H,5-6,8H2,1-2H3,(H,14,15)(H2,13,16,17). The number of rotatable bonds is 8. The number of benzene rings is 1. The zero-order valence-corrected chi connectivity index (χ0v) is 12.6. The number of nitrogens with one attached hydrogen (secondary N) is 1. The van der Waals surface area contributed by atoms with E-state index in [1.807, 2.05) is 0 Å². The van der Waals surface area contributed by atoms with Gasteiger partial charge in [-0.1, -0.05) is 0 Å². The summed E-state index contributed by atoms with van der Waals surface area (Å²) >= 11 is 0. The molecule has 1 rings (SSSR count). The summed E-state index contributed by atoms with van der Waals surface area (Å²) in [5, 5.41) is 7.59. The van der Waals surface area contributed by atoms with E-state index in [2.05, 4.69) is 5.32 Å². The molecule has 0 saturated heterocycles. The Bertz CT molecular complexity index is 587. The Morgan fingerprint density at radius 1 is 1.29 bits per heavy atom. The van der Waals surface area contributed by atoms with Gasteiger partial charge in [-0.3, -0.25) is 4.79 Å². The number of hydrogen-bond acceptors (Lipinski definition) is 6. The van der Waals surface area contributed by atoms with Crippen LogP contribution in [0.2, 0.25) is 0 Å². The predicted molar refractivity (Wildman–Crippen MR) is 75.7 cm³/mol. The molecular formula is C12H18N2O6S. The summed E-state index contributed by atoms with van der Waals surface area (Å²) in [6.07, 6.45) is 0. The van der Waals surface area contributed by atoms with Gasteiger partial charge in [-0.2, -0.15) is 0 Å². The van der Waals surface area contributed by atoms with Gasteiger partial charge in [0.25, 0.3) is 0 Å². The maximum Gasteiger partial charge on any atom is 0.250 e. The van der Waals surface area contributed by atoms with Crippen LogP contribution in [0.3, 0.4) is 0 Å². The molecule has 0 bridgehead atoms. The number of hydrogen-bond donors (Lipinski definition) is 2. The molecule has 0 saturated carbocycles. The van der Waals surface area contributed by atoms with Crippen molar-refractivity contribution in [1.82, 2.24) is 0 Å². The van der Waals surface area contributed by atoms with E-state index in [-0.39, 0.29) is 29.5 Å². The van der Waals surface area contributed by atoms with E-state index in [0.717, 1.165) is 0 Å². The van der Waals surface area contributed by atoms with E-state index in [4.69, 9.17) is 19.3 Å². The highest BCUT2D eigenvalue weighted by molar-refractivity contribution is 7.89. The van der Waals surface area contributed by atoms with Crippen LogP contribution in [0.5, 0.6) is 5.75 Å². The minimum absolute atomic E-state index is 0.104. The zero-order valence-electron chi connectivity index (χ0n) is 11.8. The molecule has 0 aliphatic heterocycles. The van der Waals surface area contributed by atoms with Crippen molar-refractivity contribution in [3.63, 3.8) is 0 Å². The van der Waals surface area contributed by atoms with Gasteiger partial charge in [0.05, 0.1) is 20.3 Å². The van der Waals surface area contributed by atoms with Crippen LogP contribution < -0.4 is 15.2 Å². The van der Waals surface area contributed by atoms with E-state index in [1.165, 1.54) is 32.4 Å². The third kappa shape index (κ3) is 5.68. The number of methoxy groups -OCH3 is 2. The molecule has 0 fully saturated rings. The van der Waals surface area contributed by atoms with Crippen LogP contribution in [0.4, 0.5) is 5.69 Å². The highest BCUT2D eigenvalue weighted by atomic mass is 32.2. The maximum absolute atomic E-state index is 11.6. The highest BCUT2D eigenvalue weighted by Crippen LogP contribution is 2.25. The summed E-state index contributed by atoms with van der Waals surface area (Å²) in [6, 6.07) is 4.13. The van der Waals surface area contributed by atoms with Gasteiger partial charge in [-0.25, -0.2) is 13.6 Å². The molecule has 0 unspecified atom stereocenters. The SMILES string of the molecule is COCCOCC(=O)Nc1ccc(OC)c(S(N)(=O)=O)c1. The van der Waals surface area contributed by atoms with Gasteiger partial charge < -0.3 is 19.5 Å². The van der Waals surface area contributed by atoms with Crippen molar-refractivity contribution in [3.8, 4) is 5.75 Å². The minimum atomic E-state index is -3.95. The fraction of sp³-hybridized carbons (Fsp3) is 0.417. The van der Waals surface area contributed by atoms with Crippen molar-refractivity contribution in [3.05, 3.63) is 18.2 Å². The molecule has 0 heterocycles. The predicted octanol–water partition coefficient (Wildman–Crippen LogP) is -0.0559. The summed E-state index contributed by atoms with van der Waals surface area (Å²) in [5.74, 6) is -0.316. The average Bonchev–Trinajstić information content (AvgIpc) is 2.42. The number of carbonyl (C=O) groups is 1. The van der Waals surface area contributed by atoms with Crippen molar-refractivity contribution in [2.24, 2.45) is 5.14 Å². The summed E-state index contributed by atoms with van der Waals surface area (Å²) in [7, 11) is -1.10. The number of nitrogens with two attached hydrogens (primary N) is 1. The van der Waals surface area contributed by atoms with E-state index in [9.17, 15) is 13.2 Å². The molecule has 1 aromatic carbocycles. The number of ether oxygens (including phenoxy) is 3. The molecule has 1 aromatic rings. The van der Waals surface area contributed by atoms with Gasteiger partial charge in [0.2, 0.25) is 15.9 Å². The van der Waals surface area contributed by atoms with E-state index >= 15 is 0 Å². The van der Waals surface area contributed by atoms with Crippen molar-refractivity contribution >= 4 is 21.6 Å². The second-order valence-electron chi connectivity index (χ2n) is 4.00. The fourth-order valence-corrected chi connectivity index (χ4v) is 2.20. The first-order valence-electron chi connectivity index (χ1n) is 5.96. The monoisotopic (exact) mass is 318 g/mol. The zero-order chi connectivity index (χ0) is 15.9. The van der Waals surface area contributed by atoms with Gasteiger partial charge >= 0.3 is 0 Å². The van der Waals surface area contributed by atoms with Crippen molar-refractivity contribution in [2.45, 2.75) is 4.90 Å². The van der Waals surface area contributed by atoms with Crippen LogP contribution >= 0.6 is 0 Å². The summed E-state index contributed by atoms with van der Waals surface area (Å²) in [5.41, 5.74) is 0.278. The molecule has 0 spiro atoms. The first kappa shape index (κ1) is 17.4. The topological polar surface area (TPSA) is 117 Å². The van der Waals surface area contributed by atoms with Crippen LogP contribution in [0.1, 0.15) is 0 Å². The molecule has 0 aliphatic rings. The lowest BCUT2D eigenvalue weighted by Gasteiger charge is -2.10. The van der Waals surface area contributed by atoms with Gasteiger partial charge in [0.15, 0.2) is 0 Å². The van der Waals surface area contributed by atoms with Crippen molar-refractivity contribution in [2.75, 3.05) is 39.4 Å². The van der Waals surface area contributed by atoms with Crippen LogP contribution in [0, 0.1) is 0 Å². The lowest BCUT2D eigenvalue weighted by atomic mass is 10.3. The first-order valence-corrected chi connectivity index (χ1v) is 7.50. The molecule has 1 amide bonds. The Labute approximate surface area is 123 Å². The second kappa shape index (κ2) is 7.93. The minimum Gasteiger partial charge on any atom is -0.495 e. The molecule has 21 heavy (non-hydrogen) atoms. The second-order valence-corrected chi connectivity index (χ2v) is 5.53. The lowest BCUT2D eigenvalue weighted by Crippen LogP contribution is -2.20. The normalized spacial score (nSPS) is 11.2. The lowest BCUT2D eigenvalue weighted by molar-refractivity contribution is -0.121. The number of amides is 1. The van der Waals surface area contributed by atoms with Gasteiger partial charge in [0.1, 0.15) is 17.3 Å². The molecule has 0 aliphatic carbocycles. The van der Waals surface area contributed by atoms with Gasteiger partial charge in [-0.05, 0) is 18.2 Å². The third-order valence-electron chi connectivity index (χ3n) is 2.42. The Balaban J connectivity index is 2.74. The number of primary sulfonamides is 1. The van der Waals surface area contributed by atoms with E-state index < -0.39 is 15.9 Å². The van der Waals surface area contributed by atoms with E-state index in [0.29, 0.717) is 6.61 Å². The smallest absolute Gasteiger partial charge is 0.250 e. The highest BCUT2D eigenvalue weighted by Gasteiger charge is 2.16. The van der Waals surface area contributed by atoms with E-state index in [1.54, 1.807) is 0 Å². The van der Waals surface area contributed by atoms with Crippen LogP contribution in [0.15, 0.2) is 23.1 Å².